The van der Waals surface area contributed by atoms with Gasteiger partial charge in [-0.25, -0.2) is 0 Å². The van der Waals surface area contributed by atoms with Gasteiger partial charge in [0.2, 0.25) is 0 Å². The molecule has 1 aliphatic heterocycles. The number of fused-ring (bicyclic) bond motifs is 3. The Morgan fingerprint density at radius 1 is 0.724 bits per heavy atom. The van der Waals surface area contributed by atoms with E-state index in [1.807, 2.05) is 11.3 Å². The van der Waals surface area contributed by atoms with E-state index < -0.39 is 0 Å². The Kier molecular flexibility index (Phi) is 4.51. The Morgan fingerprint density at radius 2 is 1.41 bits per heavy atom. The molecular weight excluding hydrogens is 551 g/mol. The maximum absolute atomic E-state index is 3.72. The number of hydrogen-bond donors (Lipinski definition) is 0. The molecule has 0 radical (unpaired) electrons. The number of rotatable bonds is 3. The van der Waals surface area contributed by atoms with Crippen LogP contribution in [0.25, 0.3) is 42.4 Å². The molecule has 0 spiro atoms. The first-order chi connectivity index (χ1) is 14.3. The summed E-state index contributed by atoms with van der Waals surface area (Å²) in [5.41, 5.74) is 6.75. The van der Waals surface area contributed by atoms with Crippen molar-refractivity contribution in [3.8, 4) is 22.3 Å². The van der Waals surface area contributed by atoms with Gasteiger partial charge >= 0.3 is 156 Å². The molecule has 1 aliphatic rings. The monoisotopic (exact) mass is 567 g/mol. The zero-order valence-corrected chi connectivity index (χ0v) is 20.1. The second-order valence-electron chi connectivity index (χ2n) is 7.41. The fourth-order valence-electron chi connectivity index (χ4n) is 3.98. The van der Waals surface area contributed by atoms with Gasteiger partial charge in [0.25, 0.3) is 0 Å². The molecule has 0 bridgehead atoms. The predicted molar refractivity (Wildman–Crippen MR) is 126 cm³/mol. The van der Waals surface area contributed by atoms with Gasteiger partial charge < -0.3 is 0 Å². The van der Waals surface area contributed by atoms with Gasteiger partial charge in [-0.15, -0.1) is 0 Å². The van der Waals surface area contributed by atoms with Crippen LogP contribution in [0.5, 0.6) is 0 Å². The molecule has 29 heavy (non-hydrogen) atoms. The zero-order valence-electron chi connectivity index (χ0n) is 15.5. The summed E-state index contributed by atoms with van der Waals surface area (Å²) in [6.07, 6.45) is 0. The normalized spacial score (nSPS) is 16.1. The van der Waals surface area contributed by atoms with Crippen LogP contribution < -0.4 is 21.2 Å². The average Bonchev–Trinajstić information content (AvgIpc) is 3.54. The van der Waals surface area contributed by atoms with Crippen molar-refractivity contribution in [3.63, 3.8) is 0 Å². The summed E-state index contributed by atoms with van der Waals surface area (Å²) in [6.45, 7) is 0. The first-order valence-electron chi connectivity index (χ1n) is 9.65. The van der Waals surface area contributed by atoms with E-state index in [0.29, 0.717) is 21.2 Å². The van der Waals surface area contributed by atoms with Crippen LogP contribution in [0.4, 0.5) is 0 Å². The van der Waals surface area contributed by atoms with E-state index in [-0.39, 0.29) is 0 Å². The van der Waals surface area contributed by atoms with E-state index in [0.717, 1.165) is 3.92 Å². The molecule has 0 amide bonds. The van der Waals surface area contributed by atoms with E-state index in [1.54, 1.807) is 0 Å². The van der Waals surface area contributed by atoms with Crippen molar-refractivity contribution >= 4 is 47.4 Å². The topological polar surface area (TPSA) is 0 Å². The quantitative estimate of drug-likeness (QED) is 0.205. The molecule has 6 rings (SSSR count). The third-order valence-corrected chi connectivity index (χ3v) is 9.79. The summed E-state index contributed by atoms with van der Waals surface area (Å²) in [5.74, 6) is 0. The molecule has 0 nitrogen and oxygen atoms in total. The van der Waals surface area contributed by atoms with E-state index in [9.17, 15) is 0 Å². The van der Waals surface area contributed by atoms with E-state index in [1.165, 1.54) is 56.9 Å². The average molecular weight is 568 g/mol. The molecular formula is C26H17BrIS-. The molecule has 3 heteroatoms. The van der Waals surface area contributed by atoms with Crippen molar-refractivity contribution in [1.29, 1.82) is 0 Å². The summed E-state index contributed by atoms with van der Waals surface area (Å²) in [5, 5.41) is 2.66. The minimum atomic E-state index is 0.438. The SMILES string of the molecule is Brc1cccc2sc3cc(-c4cccc(-c5cccc(C6C[I-]6)c5)c4)ccc3c12. The number of thiophene rings is 1. The number of halogens is 2. The molecule has 0 saturated carbocycles. The third kappa shape index (κ3) is 3.33. The Morgan fingerprint density at radius 3 is 2.21 bits per heavy atom. The molecule has 1 atom stereocenters. The third-order valence-electron chi connectivity index (χ3n) is 5.53. The van der Waals surface area contributed by atoms with Gasteiger partial charge in [0.1, 0.15) is 0 Å². The fourth-order valence-corrected chi connectivity index (χ4v) is 7.52. The van der Waals surface area contributed by atoms with E-state index >= 15 is 0 Å². The van der Waals surface area contributed by atoms with Gasteiger partial charge in [-0.3, -0.25) is 0 Å². The van der Waals surface area contributed by atoms with Crippen molar-refractivity contribution < 1.29 is 21.2 Å². The predicted octanol–water partition coefficient (Wildman–Crippen LogP) is 5.29. The van der Waals surface area contributed by atoms with Crippen molar-refractivity contribution in [3.05, 3.63) is 95.0 Å². The summed E-state index contributed by atoms with van der Waals surface area (Å²) < 4.78 is 6.20. The van der Waals surface area contributed by atoms with Gasteiger partial charge in [0.15, 0.2) is 0 Å². The standard InChI is InChI=1S/C26H17BrIS/c27-22-8-3-9-24-26(22)21-11-10-19(14-25(21)29-24)17-5-1-4-16(12-17)18-6-2-7-20(13-18)23-15-28-23/h1-14,23H,15H2/q-1. The maximum atomic E-state index is 3.72. The Bertz CT molecular complexity index is 1380. The van der Waals surface area contributed by atoms with Crippen LogP contribution in [0, 0.1) is 0 Å². The number of alkyl halides is 2. The van der Waals surface area contributed by atoms with Gasteiger partial charge in [-0.2, -0.15) is 0 Å². The van der Waals surface area contributed by atoms with Crippen molar-refractivity contribution in [2.24, 2.45) is 0 Å². The molecule has 0 N–H and O–H groups in total. The first-order valence-corrected chi connectivity index (χ1v) is 14.0. The van der Waals surface area contributed by atoms with Crippen LogP contribution in [0.1, 0.15) is 9.49 Å². The van der Waals surface area contributed by atoms with Gasteiger partial charge in [0, 0.05) is 4.47 Å². The van der Waals surface area contributed by atoms with Crippen molar-refractivity contribution in [1.82, 2.24) is 0 Å². The fraction of sp³-hybridized carbons (Fsp3) is 0.0769. The summed E-state index contributed by atoms with van der Waals surface area (Å²) >= 11 is 6.03. The minimum absolute atomic E-state index is 0.438. The molecule has 1 aromatic heterocycles. The Hall–Kier alpha value is -1.69. The molecule has 4 aromatic carbocycles. The van der Waals surface area contributed by atoms with E-state index in [2.05, 4.69) is 101 Å². The van der Waals surface area contributed by atoms with Gasteiger partial charge in [0.05, 0.1) is 0 Å². The van der Waals surface area contributed by atoms with Gasteiger partial charge in [-0.05, 0) is 12.1 Å². The first kappa shape index (κ1) is 18.1. The second kappa shape index (κ2) is 7.22. The van der Waals surface area contributed by atoms with Gasteiger partial charge in [-0.1, -0.05) is 22.0 Å². The summed E-state index contributed by atoms with van der Waals surface area (Å²) in [6, 6.07) is 31.5. The van der Waals surface area contributed by atoms with Crippen LogP contribution in [-0.2, 0) is 0 Å². The molecule has 1 fully saturated rings. The van der Waals surface area contributed by atoms with Crippen LogP contribution in [-0.4, -0.2) is 4.43 Å². The Labute approximate surface area is 193 Å². The molecule has 142 valence electrons. The summed E-state index contributed by atoms with van der Waals surface area (Å²) in [4.78, 5) is 0. The zero-order chi connectivity index (χ0) is 19.4. The Balaban J connectivity index is 1.44. The van der Waals surface area contributed by atoms with E-state index in [4.69, 9.17) is 0 Å². The number of benzene rings is 4. The molecule has 5 aromatic rings. The van der Waals surface area contributed by atoms with Crippen molar-refractivity contribution in [2.75, 3.05) is 4.43 Å². The van der Waals surface area contributed by atoms with Crippen LogP contribution in [0.2, 0.25) is 0 Å². The van der Waals surface area contributed by atoms with Crippen LogP contribution in [0.3, 0.4) is 0 Å². The number of hydrogen-bond acceptors (Lipinski definition) is 1. The molecule has 1 saturated heterocycles. The molecule has 2 heterocycles. The van der Waals surface area contributed by atoms with Crippen LogP contribution >= 0.6 is 27.3 Å². The van der Waals surface area contributed by atoms with Crippen LogP contribution in [0.15, 0.2) is 89.4 Å². The molecule has 0 aliphatic carbocycles. The van der Waals surface area contributed by atoms with Crippen molar-refractivity contribution in [2.45, 2.75) is 3.92 Å². The molecule has 1 unspecified atom stereocenters. The second-order valence-corrected chi connectivity index (χ2v) is 12.6. The summed E-state index contributed by atoms with van der Waals surface area (Å²) in [7, 11) is 0.